The largest absolute Gasteiger partial charge is 0.495 e. The van der Waals surface area contributed by atoms with Crippen molar-refractivity contribution in [2.45, 2.75) is 19.9 Å². The Kier molecular flexibility index (Phi) is 5.51. The molecule has 0 bridgehead atoms. The number of ether oxygens (including phenoxy) is 1. The van der Waals surface area contributed by atoms with Crippen molar-refractivity contribution >= 4 is 23.2 Å². The van der Waals surface area contributed by atoms with Gasteiger partial charge in [-0.3, -0.25) is 0 Å². The Morgan fingerprint density at radius 1 is 1.05 bits per heavy atom. The van der Waals surface area contributed by atoms with Gasteiger partial charge in [0.05, 0.1) is 18.2 Å². The van der Waals surface area contributed by atoms with Crippen LogP contribution in [0.2, 0.25) is 10.0 Å². The Balaban J connectivity index is 2.42. The van der Waals surface area contributed by atoms with Gasteiger partial charge in [0, 0.05) is 5.02 Å². The molecule has 112 valence electrons. The van der Waals surface area contributed by atoms with Crippen molar-refractivity contribution in [1.82, 2.24) is 5.32 Å². The van der Waals surface area contributed by atoms with Crippen molar-refractivity contribution in [3.8, 4) is 5.75 Å². The van der Waals surface area contributed by atoms with Gasteiger partial charge in [0.25, 0.3) is 0 Å². The number of hydrogen-bond acceptors (Lipinski definition) is 2. The molecule has 1 unspecified atom stereocenters. The zero-order valence-electron chi connectivity index (χ0n) is 12.4. The first-order valence-electron chi connectivity index (χ1n) is 6.89. The van der Waals surface area contributed by atoms with Crippen LogP contribution in [0, 0.1) is 6.92 Å². The molecule has 0 saturated heterocycles. The fourth-order valence-electron chi connectivity index (χ4n) is 2.34. The lowest BCUT2D eigenvalue weighted by atomic mass is 9.97. The molecule has 0 aliphatic carbocycles. The molecule has 2 aromatic rings. The highest BCUT2D eigenvalue weighted by atomic mass is 35.5. The molecule has 0 radical (unpaired) electrons. The summed E-state index contributed by atoms with van der Waals surface area (Å²) in [5, 5.41) is 4.88. The lowest BCUT2D eigenvalue weighted by Gasteiger charge is -2.20. The van der Waals surface area contributed by atoms with Crippen LogP contribution in [0.3, 0.4) is 0 Å². The van der Waals surface area contributed by atoms with Gasteiger partial charge in [-0.2, -0.15) is 0 Å². The van der Waals surface area contributed by atoms with Crippen molar-refractivity contribution in [2.24, 2.45) is 0 Å². The third kappa shape index (κ3) is 3.70. The Morgan fingerprint density at radius 3 is 2.29 bits per heavy atom. The standard InChI is InChI=1S/C17H19Cl2NO/c1-4-20-17(12-5-7-14(18)11(2)9-12)13-6-8-16(21-3)15(19)10-13/h5-10,17,20H,4H2,1-3H3. The van der Waals surface area contributed by atoms with Crippen molar-refractivity contribution in [3.05, 3.63) is 63.1 Å². The molecule has 0 spiro atoms. The molecule has 2 rings (SSSR count). The fraction of sp³-hybridized carbons (Fsp3) is 0.294. The summed E-state index contributed by atoms with van der Waals surface area (Å²) in [6, 6.07) is 12.0. The van der Waals surface area contributed by atoms with E-state index in [1.54, 1.807) is 7.11 Å². The van der Waals surface area contributed by atoms with Crippen LogP contribution < -0.4 is 10.1 Å². The summed E-state index contributed by atoms with van der Waals surface area (Å²) in [4.78, 5) is 0. The molecule has 0 aromatic heterocycles. The van der Waals surface area contributed by atoms with E-state index in [0.29, 0.717) is 10.8 Å². The van der Waals surface area contributed by atoms with E-state index < -0.39 is 0 Å². The van der Waals surface area contributed by atoms with Crippen molar-refractivity contribution < 1.29 is 4.74 Å². The number of rotatable bonds is 5. The molecule has 21 heavy (non-hydrogen) atoms. The summed E-state index contributed by atoms with van der Waals surface area (Å²) in [6.07, 6.45) is 0. The summed E-state index contributed by atoms with van der Waals surface area (Å²) in [6.45, 7) is 4.95. The number of hydrogen-bond donors (Lipinski definition) is 1. The molecule has 0 heterocycles. The highest BCUT2D eigenvalue weighted by Gasteiger charge is 2.15. The third-order valence-electron chi connectivity index (χ3n) is 3.43. The van der Waals surface area contributed by atoms with E-state index in [-0.39, 0.29) is 6.04 Å². The van der Waals surface area contributed by atoms with Crippen molar-refractivity contribution in [1.29, 1.82) is 0 Å². The molecule has 0 amide bonds. The number of halogens is 2. The summed E-state index contributed by atoms with van der Waals surface area (Å²) >= 11 is 12.4. The first kappa shape index (κ1) is 16.2. The van der Waals surface area contributed by atoms with Crippen molar-refractivity contribution in [2.75, 3.05) is 13.7 Å². The van der Waals surface area contributed by atoms with Gasteiger partial charge in [0.15, 0.2) is 0 Å². The normalized spacial score (nSPS) is 12.2. The highest BCUT2D eigenvalue weighted by molar-refractivity contribution is 6.32. The molecule has 0 saturated carbocycles. The summed E-state index contributed by atoms with van der Waals surface area (Å²) < 4.78 is 5.21. The first-order chi connectivity index (χ1) is 10.1. The summed E-state index contributed by atoms with van der Waals surface area (Å²) in [7, 11) is 1.62. The van der Waals surface area contributed by atoms with Crippen LogP contribution in [0.1, 0.15) is 29.7 Å². The lowest BCUT2D eigenvalue weighted by Crippen LogP contribution is -2.22. The second-order valence-electron chi connectivity index (χ2n) is 4.89. The maximum Gasteiger partial charge on any atom is 0.137 e. The zero-order valence-corrected chi connectivity index (χ0v) is 13.9. The molecule has 0 aliphatic heterocycles. The topological polar surface area (TPSA) is 21.3 Å². The van der Waals surface area contributed by atoms with Crippen LogP contribution >= 0.6 is 23.2 Å². The fourth-order valence-corrected chi connectivity index (χ4v) is 2.73. The van der Waals surface area contributed by atoms with Crippen LogP contribution in [0.5, 0.6) is 5.75 Å². The maximum atomic E-state index is 6.24. The second-order valence-corrected chi connectivity index (χ2v) is 5.71. The lowest BCUT2D eigenvalue weighted by molar-refractivity contribution is 0.414. The summed E-state index contributed by atoms with van der Waals surface area (Å²) in [5.74, 6) is 0.683. The van der Waals surface area contributed by atoms with Gasteiger partial charge in [-0.1, -0.05) is 48.3 Å². The molecule has 2 aromatic carbocycles. The second kappa shape index (κ2) is 7.17. The average Bonchev–Trinajstić information content (AvgIpc) is 2.48. The van der Waals surface area contributed by atoms with Gasteiger partial charge in [-0.15, -0.1) is 0 Å². The smallest absolute Gasteiger partial charge is 0.137 e. The van der Waals surface area contributed by atoms with E-state index in [0.717, 1.165) is 22.7 Å². The van der Waals surface area contributed by atoms with Gasteiger partial charge in [-0.05, 0) is 48.4 Å². The molecular weight excluding hydrogens is 305 g/mol. The van der Waals surface area contributed by atoms with Gasteiger partial charge in [0.2, 0.25) is 0 Å². The monoisotopic (exact) mass is 323 g/mol. The minimum atomic E-state index is 0.0781. The Morgan fingerprint density at radius 2 is 1.71 bits per heavy atom. The number of methoxy groups -OCH3 is 1. The van der Waals surface area contributed by atoms with E-state index in [9.17, 15) is 0 Å². The molecule has 1 atom stereocenters. The number of benzene rings is 2. The van der Waals surface area contributed by atoms with E-state index in [1.807, 2.05) is 37.3 Å². The average molecular weight is 324 g/mol. The van der Waals surface area contributed by atoms with E-state index in [4.69, 9.17) is 27.9 Å². The third-order valence-corrected chi connectivity index (χ3v) is 4.15. The molecular formula is C17H19Cl2NO. The zero-order chi connectivity index (χ0) is 15.4. The molecule has 2 nitrogen and oxygen atoms in total. The summed E-state index contributed by atoms with van der Waals surface area (Å²) in [5.41, 5.74) is 3.33. The van der Waals surface area contributed by atoms with Crippen molar-refractivity contribution in [3.63, 3.8) is 0 Å². The predicted molar refractivity (Wildman–Crippen MR) is 89.7 cm³/mol. The van der Waals surface area contributed by atoms with E-state index in [1.165, 1.54) is 5.56 Å². The Labute approximate surface area is 136 Å². The van der Waals surface area contributed by atoms with Gasteiger partial charge >= 0.3 is 0 Å². The number of nitrogens with one attached hydrogen (secondary N) is 1. The first-order valence-corrected chi connectivity index (χ1v) is 7.65. The molecule has 1 N–H and O–H groups in total. The molecule has 0 fully saturated rings. The van der Waals surface area contributed by atoms with Crippen LogP contribution in [0.15, 0.2) is 36.4 Å². The quantitative estimate of drug-likeness (QED) is 0.835. The molecule has 4 heteroatoms. The Hall–Kier alpha value is -1.22. The Bertz CT molecular complexity index is 628. The van der Waals surface area contributed by atoms with Crippen LogP contribution in [0.4, 0.5) is 0 Å². The van der Waals surface area contributed by atoms with Crippen LogP contribution in [-0.4, -0.2) is 13.7 Å². The predicted octanol–water partition coefficient (Wildman–Crippen LogP) is 5.01. The molecule has 0 aliphatic rings. The van der Waals surface area contributed by atoms with Gasteiger partial charge < -0.3 is 10.1 Å². The van der Waals surface area contributed by atoms with Crippen LogP contribution in [0.25, 0.3) is 0 Å². The minimum absolute atomic E-state index is 0.0781. The van der Waals surface area contributed by atoms with E-state index >= 15 is 0 Å². The highest BCUT2D eigenvalue weighted by Crippen LogP contribution is 2.31. The van der Waals surface area contributed by atoms with Gasteiger partial charge in [0.1, 0.15) is 5.75 Å². The van der Waals surface area contributed by atoms with Gasteiger partial charge in [-0.25, -0.2) is 0 Å². The minimum Gasteiger partial charge on any atom is -0.495 e. The maximum absolute atomic E-state index is 6.24. The van der Waals surface area contributed by atoms with E-state index in [2.05, 4.69) is 18.3 Å². The van der Waals surface area contributed by atoms with Crippen LogP contribution in [-0.2, 0) is 0 Å². The SMILES string of the molecule is CCNC(c1ccc(Cl)c(C)c1)c1ccc(OC)c(Cl)c1. The number of aryl methyl sites for hydroxylation is 1.